The molecule has 1 aliphatic carbocycles. The number of aromatic amines is 1. The number of nitrogens with zero attached hydrogens (tertiary/aromatic N) is 2. The van der Waals surface area contributed by atoms with Crippen molar-refractivity contribution in [1.82, 2.24) is 20.5 Å². The normalized spacial score (nSPS) is 15.4. The summed E-state index contributed by atoms with van der Waals surface area (Å²) in [5.41, 5.74) is 1.90. The maximum Gasteiger partial charge on any atom is 0.277 e. The molecule has 3 aromatic rings. The third kappa shape index (κ3) is 3.93. The van der Waals surface area contributed by atoms with Gasteiger partial charge in [-0.05, 0) is 24.8 Å². The molecule has 7 heteroatoms. The lowest BCUT2D eigenvalue weighted by Gasteiger charge is -2.21. The summed E-state index contributed by atoms with van der Waals surface area (Å²) in [6.07, 6.45) is 8.22. The second-order valence-corrected chi connectivity index (χ2v) is 7.64. The molecule has 26 heavy (non-hydrogen) atoms. The second-order valence-electron chi connectivity index (χ2n) is 6.72. The number of fused-ring (bicyclic) bond motifs is 1. The van der Waals surface area contributed by atoms with E-state index in [9.17, 15) is 4.79 Å². The van der Waals surface area contributed by atoms with Crippen molar-refractivity contribution in [2.45, 2.75) is 37.3 Å². The largest absolute Gasteiger partial charge is 0.411 e. The highest BCUT2D eigenvalue weighted by Crippen LogP contribution is 2.29. The summed E-state index contributed by atoms with van der Waals surface area (Å²) in [6, 6.07) is 7.96. The van der Waals surface area contributed by atoms with Crippen molar-refractivity contribution in [3.63, 3.8) is 0 Å². The van der Waals surface area contributed by atoms with Gasteiger partial charge in [-0.2, -0.15) is 0 Å². The Morgan fingerprint density at radius 2 is 2.08 bits per heavy atom. The van der Waals surface area contributed by atoms with Gasteiger partial charge < -0.3 is 14.7 Å². The Labute approximate surface area is 156 Å². The molecule has 6 nitrogen and oxygen atoms in total. The number of para-hydroxylation sites is 1. The molecule has 0 aliphatic heterocycles. The minimum atomic E-state index is 0.0208. The number of rotatable bonds is 6. The molecule has 0 saturated heterocycles. The SMILES string of the molecule is O=C(CSc1nnc(-c2c[nH]c3ccccc23)o1)NCC1CCCCC1. The number of nitrogens with one attached hydrogen (secondary N) is 2. The van der Waals surface area contributed by atoms with Crippen LogP contribution in [0.15, 0.2) is 40.1 Å². The average molecular weight is 370 g/mol. The Morgan fingerprint density at radius 3 is 2.96 bits per heavy atom. The van der Waals surface area contributed by atoms with Crippen LogP contribution in [0.1, 0.15) is 32.1 Å². The van der Waals surface area contributed by atoms with Crippen LogP contribution in [0.5, 0.6) is 0 Å². The number of hydrogen-bond acceptors (Lipinski definition) is 5. The van der Waals surface area contributed by atoms with Crippen molar-refractivity contribution in [2.24, 2.45) is 5.92 Å². The van der Waals surface area contributed by atoms with Crippen molar-refractivity contribution in [3.8, 4) is 11.5 Å². The van der Waals surface area contributed by atoms with E-state index < -0.39 is 0 Å². The van der Waals surface area contributed by atoms with Crippen molar-refractivity contribution < 1.29 is 9.21 Å². The monoisotopic (exact) mass is 370 g/mol. The van der Waals surface area contributed by atoms with Crippen molar-refractivity contribution in [2.75, 3.05) is 12.3 Å². The number of carbonyl (C=O) groups excluding carboxylic acids is 1. The maximum atomic E-state index is 12.0. The van der Waals surface area contributed by atoms with Gasteiger partial charge in [0.25, 0.3) is 11.1 Å². The maximum absolute atomic E-state index is 12.0. The number of aromatic nitrogens is 3. The van der Waals surface area contributed by atoms with Crippen LogP contribution in [-0.4, -0.2) is 33.4 Å². The third-order valence-corrected chi connectivity index (χ3v) is 5.68. The first kappa shape index (κ1) is 17.1. The standard InChI is InChI=1S/C19H22N4O2S/c24-17(21-10-13-6-2-1-3-7-13)12-26-19-23-22-18(25-19)15-11-20-16-9-5-4-8-14(15)16/h4-5,8-9,11,13,20H,1-3,6-7,10,12H2,(H,21,24). The first-order valence-corrected chi connectivity index (χ1v) is 10.1. The summed E-state index contributed by atoms with van der Waals surface area (Å²) >= 11 is 1.28. The molecular weight excluding hydrogens is 348 g/mol. The molecule has 2 N–H and O–H groups in total. The molecule has 4 rings (SSSR count). The van der Waals surface area contributed by atoms with E-state index in [4.69, 9.17) is 4.42 Å². The number of thioether (sulfide) groups is 1. The molecule has 2 heterocycles. The minimum Gasteiger partial charge on any atom is -0.411 e. The number of H-pyrrole nitrogens is 1. The van der Waals surface area contributed by atoms with Crippen LogP contribution in [0.3, 0.4) is 0 Å². The predicted molar refractivity (Wildman–Crippen MR) is 102 cm³/mol. The molecule has 0 spiro atoms. The second kappa shape index (κ2) is 7.95. The quantitative estimate of drug-likeness (QED) is 0.641. The van der Waals surface area contributed by atoms with Crippen LogP contribution in [0.25, 0.3) is 22.4 Å². The van der Waals surface area contributed by atoms with Gasteiger partial charge in [0.2, 0.25) is 5.91 Å². The van der Waals surface area contributed by atoms with E-state index in [2.05, 4.69) is 20.5 Å². The summed E-state index contributed by atoms with van der Waals surface area (Å²) in [5, 5.41) is 12.7. The van der Waals surface area contributed by atoms with Gasteiger partial charge in [-0.1, -0.05) is 49.2 Å². The van der Waals surface area contributed by atoms with Gasteiger partial charge in [0, 0.05) is 23.6 Å². The molecule has 1 aliphatic rings. The molecule has 1 fully saturated rings. The molecule has 136 valence electrons. The molecule has 1 aromatic carbocycles. The van der Waals surface area contributed by atoms with Gasteiger partial charge in [0.05, 0.1) is 11.3 Å². The summed E-state index contributed by atoms with van der Waals surface area (Å²) in [6.45, 7) is 0.782. The van der Waals surface area contributed by atoms with Crippen molar-refractivity contribution >= 4 is 28.6 Å². The molecule has 2 aromatic heterocycles. The smallest absolute Gasteiger partial charge is 0.277 e. The average Bonchev–Trinajstić information content (AvgIpc) is 3.32. The topological polar surface area (TPSA) is 83.8 Å². The van der Waals surface area contributed by atoms with E-state index >= 15 is 0 Å². The molecule has 0 bridgehead atoms. The van der Waals surface area contributed by atoms with Crippen LogP contribution >= 0.6 is 11.8 Å². The van der Waals surface area contributed by atoms with Crippen LogP contribution in [0.2, 0.25) is 0 Å². The number of benzene rings is 1. The Kier molecular flexibility index (Phi) is 5.24. The van der Waals surface area contributed by atoms with Crippen molar-refractivity contribution in [3.05, 3.63) is 30.5 Å². The lowest BCUT2D eigenvalue weighted by molar-refractivity contribution is -0.118. The van der Waals surface area contributed by atoms with Gasteiger partial charge in [0.1, 0.15) is 0 Å². The highest BCUT2D eigenvalue weighted by atomic mass is 32.2. The van der Waals surface area contributed by atoms with E-state index in [0.29, 0.717) is 22.8 Å². The number of hydrogen-bond donors (Lipinski definition) is 2. The first-order valence-electron chi connectivity index (χ1n) is 9.09. The van der Waals surface area contributed by atoms with E-state index in [-0.39, 0.29) is 5.91 Å². The van der Waals surface area contributed by atoms with Crippen LogP contribution < -0.4 is 5.32 Å². The molecule has 0 unspecified atom stereocenters. The number of carbonyl (C=O) groups is 1. The first-order chi connectivity index (χ1) is 12.8. The van der Waals surface area contributed by atoms with Gasteiger partial charge >= 0.3 is 0 Å². The molecule has 1 amide bonds. The third-order valence-electron chi connectivity index (χ3n) is 4.87. The molecule has 0 atom stereocenters. The molecular formula is C19H22N4O2S. The summed E-state index contributed by atoms with van der Waals surface area (Å²) in [7, 11) is 0. The van der Waals surface area contributed by atoms with Gasteiger partial charge in [-0.3, -0.25) is 4.79 Å². The van der Waals surface area contributed by atoms with Crippen LogP contribution in [0, 0.1) is 5.92 Å². The Morgan fingerprint density at radius 1 is 1.23 bits per heavy atom. The van der Waals surface area contributed by atoms with Crippen LogP contribution in [0.4, 0.5) is 0 Å². The van der Waals surface area contributed by atoms with Crippen molar-refractivity contribution in [1.29, 1.82) is 0 Å². The van der Waals surface area contributed by atoms with E-state index in [1.807, 2.05) is 30.5 Å². The van der Waals surface area contributed by atoms with Gasteiger partial charge in [0.15, 0.2) is 0 Å². The Bertz CT molecular complexity index is 882. The minimum absolute atomic E-state index is 0.0208. The molecule has 0 radical (unpaired) electrons. The highest BCUT2D eigenvalue weighted by molar-refractivity contribution is 7.99. The van der Waals surface area contributed by atoms with Gasteiger partial charge in [-0.25, -0.2) is 0 Å². The zero-order valence-corrected chi connectivity index (χ0v) is 15.3. The summed E-state index contributed by atoms with van der Waals surface area (Å²) < 4.78 is 5.72. The lowest BCUT2D eigenvalue weighted by Crippen LogP contribution is -2.31. The predicted octanol–water partition coefficient (Wildman–Crippen LogP) is 4.01. The Hall–Kier alpha value is -2.28. The summed E-state index contributed by atoms with van der Waals surface area (Å²) in [4.78, 5) is 15.2. The van der Waals surface area contributed by atoms with E-state index in [1.165, 1.54) is 43.9 Å². The Balaban J connectivity index is 1.31. The zero-order valence-electron chi connectivity index (χ0n) is 14.5. The highest BCUT2D eigenvalue weighted by Gasteiger charge is 2.16. The van der Waals surface area contributed by atoms with Crippen LogP contribution in [-0.2, 0) is 4.79 Å². The fraction of sp³-hybridized carbons (Fsp3) is 0.421. The lowest BCUT2D eigenvalue weighted by atomic mass is 9.89. The fourth-order valence-electron chi connectivity index (χ4n) is 3.45. The van der Waals surface area contributed by atoms with E-state index in [0.717, 1.165) is 23.0 Å². The fourth-order valence-corrected chi connectivity index (χ4v) is 4.05. The van der Waals surface area contributed by atoms with Gasteiger partial charge in [-0.15, -0.1) is 10.2 Å². The van der Waals surface area contributed by atoms with E-state index in [1.54, 1.807) is 0 Å². The zero-order chi connectivity index (χ0) is 17.8. The summed E-state index contributed by atoms with van der Waals surface area (Å²) in [5.74, 6) is 1.41. The molecule has 1 saturated carbocycles. The number of amides is 1.